The molecule has 4 rings (SSSR count). The van der Waals surface area contributed by atoms with Crippen LogP contribution in [0.5, 0.6) is 0 Å². The summed E-state index contributed by atoms with van der Waals surface area (Å²) in [5.41, 5.74) is 13.4. The van der Waals surface area contributed by atoms with E-state index in [9.17, 15) is 0 Å². The van der Waals surface area contributed by atoms with Crippen LogP contribution >= 0.6 is 12.6 Å². The molecule has 1 aliphatic carbocycles. The van der Waals surface area contributed by atoms with Gasteiger partial charge in [-0.15, -0.1) is 12.6 Å². The normalized spacial score (nSPS) is 16.2. The summed E-state index contributed by atoms with van der Waals surface area (Å²) in [6, 6.07) is 23.1. The van der Waals surface area contributed by atoms with Crippen molar-refractivity contribution in [1.82, 2.24) is 5.32 Å². The van der Waals surface area contributed by atoms with Gasteiger partial charge < -0.3 is 11.1 Å². The standard InChI is InChI=1S/C24H25N3S/c1-16-6-2-3-7-18(16)15-26-22-13-10-17-14-19(11-12-20(17)22)27-24(25)21-8-4-5-9-23(21)28/h2-9,11-12,14,22,26,28H,10,13,15H2,1H3,(H2,25,27). The number of benzene rings is 3. The number of amidine groups is 1. The van der Waals surface area contributed by atoms with Crippen molar-refractivity contribution in [3.8, 4) is 0 Å². The summed E-state index contributed by atoms with van der Waals surface area (Å²) in [6.07, 6.45) is 2.18. The van der Waals surface area contributed by atoms with Crippen LogP contribution in [-0.2, 0) is 13.0 Å². The number of thiol groups is 1. The van der Waals surface area contributed by atoms with Crippen LogP contribution in [0.1, 0.15) is 40.3 Å². The minimum atomic E-state index is 0.392. The van der Waals surface area contributed by atoms with Gasteiger partial charge in [-0.25, -0.2) is 4.99 Å². The highest BCUT2D eigenvalue weighted by Gasteiger charge is 2.22. The van der Waals surface area contributed by atoms with Gasteiger partial charge in [-0.1, -0.05) is 48.5 Å². The van der Waals surface area contributed by atoms with Gasteiger partial charge in [0.25, 0.3) is 0 Å². The number of nitrogens with zero attached hydrogens (tertiary/aromatic N) is 1. The maximum Gasteiger partial charge on any atom is 0.132 e. The Kier molecular flexibility index (Phi) is 5.51. The Morgan fingerprint density at radius 1 is 1.11 bits per heavy atom. The van der Waals surface area contributed by atoms with E-state index in [1.54, 1.807) is 0 Å². The lowest BCUT2D eigenvalue weighted by atomic mass is 10.1. The highest BCUT2D eigenvalue weighted by molar-refractivity contribution is 7.80. The van der Waals surface area contributed by atoms with Crippen molar-refractivity contribution in [2.24, 2.45) is 10.7 Å². The molecule has 3 N–H and O–H groups in total. The molecule has 0 aromatic heterocycles. The highest BCUT2D eigenvalue weighted by Crippen LogP contribution is 2.34. The number of hydrogen-bond donors (Lipinski definition) is 3. The molecule has 1 aliphatic rings. The topological polar surface area (TPSA) is 50.4 Å². The molecule has 3 nitrogen and oxygen atoms in total. The number of fused-ring (bicyclic) bond motifs is 1. The smallest absolute Gasteiger partial charge is 0.132 e. The van der Waals surface area contributed by atoms with Crippen LogP contribution in [-0.4, -0.2) is 5.84 Å². The van der Waals surface area contributed by atoms with Crippen LogP contribution in [0.25, 0.3) is 0 Å². The molecular formula is C24H25N3S. The third kappa shape index (κ3) is 3.98. The number of aliphatic imine (C=N–C) groups is 1. The largest absolute Gasteiger partial charge is 0.383 e. The summed E-state index contributed by atoms with van der Waals surface area (Å²) >= 11 is 4.47. The number of nitrogens with one attached hydrogen (secondary N) is 1. The van der Waals surface area contributed by atoms with E-state index in [1.807, 2.05) is 24.3 Å². The van der Waals surface area contributed by atoms with E-state index in [0.29, 0.717) is 11.9 Å². The lowest BCUT2D eigenvalue weighted by Crippen LogP contribution is -2.19. The average molecular weight is 388 g/mol. The first-order valence-corrected chi connectivity index (χ1v) is 10.1. The van der Waals surface area contributed by atoms with Crippen molar-refractivity contribution in [2.45, 2.75) is 37.2 Å². The van der Waals surface area contributed by atoms with Crippen LogP contribution in [0, 0.1) is 6.92 Å². The molecule has 0 amide bonds. The molecule has 0 fully saturated rings. The minimum Gasteiger partial charge on any atom is -0.383 e. The number of rotatable bonds is 5. The molecular weight excluding hydrogens is 362 g/mol. The second-order valence-electron chi connectivity index (χ2n) is 7.30. The first-order valence-electron chi connectivity index (χ1n) is 9.65. The number of aryl methyl sites for hydroxylation is 2. The fraction of sp³-hybridized carbons (Fsp3) is 0.208. The quantitative estimate of drug-likeness (QED) is 0.324. The lowest BCUT2D eigenvalue weighted by molar-refractivity contribution is 0.529. The van der Waals surface area contributed by atoms with E-state index >= 15 is 0 Å². The molecule has 3 aromatic carbocycles. The zero-order chi connectivity index (χ0) is 19.5. The van der Waals surface area contributed by atoms with Crippen LogP contribution in [0.15, 0.2) is 76.6 Å². The van der Waals surface area contributed by atoms with Gasteiger partial charge in [0.2, 0.25) is 0 Å². The summed E-state index contributed by atoms with van der Waals surface area (Å²) in [7, 11) is 0. The molecule has 0 saturated carbocycles. The molecule has 0 bridgehead atoms. The van der Waals surface area contributed by atoms with Crippen molar-refractivity contribution < 1.29 is 0 Å². The van der Waals surface area contributed by atoms with E-state index in [-0.39, 0.29) is 0 Å². The van der Waals surface area contributed by atoms with Crippen LogP contribution in [0.4, 0.5) is 5.69 Å². The number of hydrogen-bond acceptors (Lipinski definition) is 3. The first-order chi connectivity index (χ1) is 13.6. The Morgan fingerprint density at radius 3 is 2.71 bits per heavy atom. The Bertz CT molecular complexity index is 1030. The third-order valence-electron chi connectivity index (χ3n) is 5.43. The Hall–Kier alpha value is -2.56. The Labute approximate surface area is 172 Å². The van der Waals surface area contributed by atoms with Gasteiger partial charge in [-0.05, 0) is 60.2 Å². The lowest BCUT2D eigenvalue weighted by Gasteiger charge is -2.15. The van der Waals surface area contributed by atoms with Gasteiger partial charge in [-0.2, -0.15) is 0 Å². The Balaban J connectivity index is 1.50. The predicted octanol–water partition coefficient (Wildman–Crippen LogP) is 5.10. The fourth-order valence-electron chi connectivity index (χ4n) is 3.82. The van der Waals surface area contributed by atoms with Gasteiger partial charge in [0, 0.05) is 23.0 Å². The Morgan fingerprint density at radius 2 is 1.89 bits per heavy atom. The van der Waals surface area contributed by atoms with E-state index in [2.05, 4.69) is 72.3 Å². The van der Waals surface area contributed by atoms with E-state index in [1.165, 1.54) is 22.3 Å². The van der Waals surface area contributed by atoms with E-state index in [0.717, 1.165) is 35.5 Å². The molecule has 0 aliphatic heterocycles. The second-order valence-corrected chi connectivity index (χ2v) is 7.78. The predicted molar refractivity (Wildman–Crippen MR) is 120 cm³/mol. The molecule has 0 heterocycles. The van der Waals surface area contributed by atoms with Crippen LogP contribution < -0.4 is 11.1 Å². The highest BCUT2D eigenvalue weighted by atomic mass is 32.1. The molecule has 1 atom stereocenters. The van der Waals surface area contributed by atoms with Crippen molar-refractivity contribution >= 4 is 24.2 Å². The first kappa shape index (κ1) is 18.8. The summed E-state index contributed by atoms with van der Waals surface area (Å²) < 4.78 is 0. The van der Waals surface area contributed by atoms with Gasteiger partial charge in [0.05, 0.1) is 5.69 Å². The van der Waals surface area contributed by atoms with Gasteiger partial charge in [0.15, 0.2) is 0 Å². The zero-order valence-corrected chi connectivity index (χ0v) is 16.9. The van der Waals surface area contributed by atoms with Crippen molar-refractivity contribution in [1.29, 1.82) is 0 Å². The van der Waals surface area contributed by atoms with E-state index < -0.39 is 0 Å². The summed E-state index contributed by atoms with van der Waals surface area (Å²) in [5.74, 6) is 0.498. The molecule has 142 valence electrons. The molecule has 0 radical (unpaired) electrons. The maximum absolute atomic E-state index is 6.22. The van der Waals surface area contributed by atoms with Gasteiger partial charge >= 0.3 is 0 Å². The van der Waals surface area contributed by atoms with Gasteiger partial charge in [-0.3, -0.25) is 0 Å². The minimum absolute atomic E-state index is 0.392. The van der Waals surface area contributed by atoms with Crippen molar-refractivity contribution in [2.75, 3.05) is 0 Å². The van der Waals surface area contributed by atoms with Crippen LogP contribution in [0.2, 0.25) is 0 Å². The monoisotopic (exact) mass is 387 g/mol. The summed E-state index contributed by atoms with van der Waals surface area (Å²) in [4.78, 5) is 5.46. The molecule has 4 heteroatoms. The molecule has 3 aromatic rings. The molecule has 0 spiro atoms. The third-order valence-corrected chi connectivity index (χ3v) is 5.82. The molecule has 0 saturated heterocycles. The molecule has 1 unspecified atom stereocenters. The molecule has 28 heavy (non-hydrogen) atoms. The zero-order valence-electron chi connectivity index (χ0n) is 16.0. The van der Waals surface area contributed by atoms with Crippen LogP contribution in [0.3, 0.4) is 0 Å². The number of nitrogens with two attached hydrogens (primary N) is 1. The van der Waals surface area contributed by atoms with Gasteiger partial charge in [0.1, 0.15) is 5.84 Å². The van der Waals surface area contributed by atoms with Crippen molar-refractivity contribution in [3.63, 3.8) is 0 Å². The second kappa shape index (κ2) is 8.21. The average Bonchev–Trinajstić information content (AvgIpc) is 3.10. The fourth-order valence-corrected chi connectivity index (χ4v) is 4.09. The SMILES string of the molecule is Cc1ccccc1CNC1CCc2cc(N=C(N)c3ccccc3S)ccc21. The summed E-state index contributed by atoms with van der Waals surface area (Å²) in [6.45, 7) is 3.06. The maximum atomic E-state index is 6.22. The van der Waals surface area contributed by atoms with E-state index in [4.69, 9.17) is 5.73 Å². The summed E-state index contributed by atoms with van der Waals surface area (Å²) in [5, 5.41) is 3.72. The van der Waals surface area contributed by atoms with Crippen molar-refractivity contribution in [3.05, 3.63) is 94.5 Å².